The number of nitrogens with one attached hydrogen (secondary N) is 1. The molecule has 2 aromatic carbocycles. The predicted octanol–water partition coefficient (Wildman–Crippen LogP) is 3.36. The summed E-state index contributed by atoms with van der Waals surface area (Å²) in [6, 6.07) is 11.8. The lowest BCUT2D eigenvalue weighted by molar-refractivity contribution is -0.123. The van der Waals surface area contributed by atoms with E-state index in [1.165, 1.54) is 6.92 Å². The monoisotopic (exact) mass is 391 g/mol. The quantitative estimate of drug-likeness (QED) is 0.808. The molecule has 0 saturated carbocycles. The average Bonchev–Trinajstić information content (AvgIpc) is 3.02. The minimum absolute atomic E-state index is 0.160. The summed E-state index contributed by atoms with van der Waals surface area (Å²) in [5, 5.41) is 2.68. The highest BCUT2D eigenvalue weighted by Gasteiger charge is 2.20. The molecule has 0 unspecified atom stereocenters. The number of rotatable bonds is 4. The van der Waals surface area contributed by atoms with Gasteiger partial charge in [-0.1, -0.05) is 22.0 Å². The number of carbonyl (C=O) groups excluding carboxylic acids is 2. The molecular weight excluding hydrogens is 378 g/mol. The Morgan fingerprint density at radius 1 is 1.17 bits per heavy atom. The molecule has 2 aromatic rings. The van der Waals surface area contributed by atoms with Gasteiger partial charge in [-0.3, -0.25) is 4.79 Å². The van der Waals surface area contributed by atoms with E-state index < -0.39 is 18.0 Å². The molecule has 7 heteroatoms. The lowest BCUT2D eigenvalue weighted by Gasteiger charge is -2.14. The standard InChI is InChI=1S/C17H14BrNO5/c1-10(24-17(21)11-3-2-4-12(18)7-11)16(20)19-13-5-6-14-15(8-13)23-9-22-14/h2-8,10H,9H2,1H3,(H,19,20)/t10-/m0/s1. The van der Waals surface area contributed by atoms with Crippen LogP contribution >= 0.6 is 15.9 Å². The molecule has 1 N–H and O–H groups in total. The van der Waals surface area contributed by atoms with Crippen molar-refractivity contribution in [1.82, 2.24) is 0 Å². The average molecular weight is 392 g/mol. The Kier molecular flexibility index (Phi) is 4.71. The number of amides is 1. The van der Waals surface area contributed by atoms with Gasteiger partial charge < -0.3 is 19.5 Å². The largest absolute Gasteiger partial charge is 0.454 e. The molecule has 0 radical (unpaired) electrons. The minimum Gasteiger partial charge on any atom is -0.454 e. The van der Waals surface area contributed by atoms with Crippen molar-refractivity contribution in [2.24, 2.45) is 0 Å². The topological polar surface area (TPSA) is 73.9 Å². The Morgan fingerprint density at radius 3 is 2.75 bits per heavy atom. The molecular formula is C17H14BrNO5. The molecule has 124 valence electrons. The van der Waals surface area contributed by atoms with Crippen molar-refractivity contribution < 1.29 is 23.8 Å². The van der Waals surface area contributed by atoms with Crippen molar-refractivity contribution in [2.75, 3.05) is 12.1 Å². The smallest absolute Gasteiger partial charge is 0.338 e. The van der Waals surface area contributed by atoms with Crippen LogP contribution in [0.5, 0.6) is 11.5 Å². The van der Waals surface area contributed by atoms with Gasteiger partial charge in [0.1, 0.15) is 0 Å². The van der Waals surface area contributed by atoms with Crippen molar-refractivity contribution in [3.63, 3.8) is 0 Å². The third-order valence-corrected chi connectivity index (χ3v) is 3.85. The summed E-state index contributed by atoms with van der Waals surface area (Å²) >= 11 is 3.29. The van der Waals surface area contributed by atoms with Crippen molar-refractivity contribution >= 4 is 33.5 Å². The maximum Gasteiger partial charge on any atom is 0.338 e. The number of carbonyl (C=O) groups is 2. The Bertz CT molecular complexity index is 792. The molecule has 1 amide bonds. The molecule has 0 saturated heterocycles. The Morgan fingerprint density at radius 2 is 1.96 bits per heavy atom. The van der Waals surface area contributed by atoms with Crippen LogP contribution in [0.1, 0.15) is 17.3 Å². The number of hydrogen-bond acceptors (Lipinski definition) is 5. The Balaban J connectivity index is 1.61. The van der Waals surface area contributed by atoms with Crippen LogP contribution in [-0.4, -0.2) is 24.8 Å². The maximum atomic E-state index is 12.2. The second kappa shape index (κ2) is 6.92. The van der Waals surface area contributed by atoms with Crippen molar-refractivity contribution in [3.8, 4) is 11.5 Å². The number of fused-ring (bicyclic) bond motifs is 1. The van der Waals surface area contributed by atoms with Gasteiger partial charge in [-0.25, -0.2) is 4.79 Å². The second-order valence-corrected chi connectivity index (χ2v) is 6.03. The van der Waals surface area contributed by atoms with E-state index in [-0.39, 0.29) is 6.79 Å². The highest BCUT2D eigenvalue weighted by Crippen LogP contribution is 2.34. The summed E-state index contributed by atoms with van der Waals surface area (Å²) in [7, 11) is 0. The van der Waals surface area contributed by atoms with E-state index >= 15 is 0 Å². The fourth-order valence-corrected chi connectivity index (χ4v) is 2.51. The van der Waals surface area contributed by atoms with Crippen molar-refractivity contribution in [2.45, 2.75) is 13.0 Å². The van der Waals surface area contributed by atoms with E-state index in [0.29, 0.717) is 22.7 Å². The fraction of sp³-hybridized carbons (Fsp3) is 0.176. The van der Waals surface area contributed by atoms with E-state index in [1.54, 1.807) is 42.5 Å². The predicted molar refractivity (Wildman–Crippen MR) is 90.2 cm³/mol. The number of anilines is 1. The van der Waals surface area contributed by atoms with Crippen molar-refractivity contribution in [3.05, 3.63) is 52.5 Å². The number of ether oxygens (including phenoxy) is 3. The van der Waals surface area contributed by atoms with Crippen LogP contribution in [0.4, 0.5) is 5.69 Å². The van der Waals surface area contributed by atoms with Crippen LogP contribution in [0.25, 0.3) is 0 Å². The molecule has 0 aliphatic carbocycles. The third-order valence-electron chi connectivity index (χ3n) is 3.35. The van der Waals surface area contributed by atoms with E-state index in [9.17, 15) is 9.59 Å². The van der Waals surface area contributed by atoms with Gasteiger partial charge in [0.05, 0.1) is 5.56 Å². The summed E-state index contributed by atoms with van der Waals surface area (Å²) in [4.78, 5) is 24.2. The molecule has 1 atom stereocenters. The van der Waals surface area contributed by atoms with Crippen LogP contribution in [0.2, 0.25) is 0 Å². The number of halogens is 1. The van der Waals surface area contributed by atoms with E-state index in [4.69, 9.17) is 14.2 Å². The molecule has 0 aromatic heterocycles. The molecule has 0 bridgehead atoms. The zero-order valence-corrected chi connectivity index (χ0v) is 14.3. The van der Waals surface area contributed by atoms with Gasteiger partial charge in [0.25, 0.3) is 5.91 Å². The molecule has 3 rings (SSSR count). The zero-order chi connectivity index (χ0) is 17.1. The van der Waals surface area contributed by atoms with E-state index in [2.05, 4.69) is 21.2 Å². The first-order valence-electron chi connectivity index (χ1n) is 7.20. The van der Waals surface area contributed by atoms with E-state index in [1.807, 2.05) is 0 Å². The van der Waals surface area contributed by atoms with Crippen LogP contribution in [0, 0.1) is 0 Å². The molecule has 24 heavy (non-hydrogen) atoms. The molecule has 1 heterocycles. The van der Waals surface area contributed by atoms with Crippen LogP contribution in [0.3, 0.4) is 0 Å². The lowest BCUT2D eigenvalue weighted by Crippen LogP contribution is -2.30. The Labute approximate surface area is 146 Å². The molecule has 1 aliphatic heterocycles. The van der Waals surface area contributed by atoms with Crippen molar-refractivity contribution in [1.29, 1.82) is 0 Å². The summed E-state index contributed by atoms with van der Waals surface area (Å²) < 4.78 is 16.4. The number of hydrogen-bond donors (Lipinski definition) is 1. The summed E-state index contributed by atoms with van der Waals surface area (Å²) in [6.07, 6.45) is -0.943. The molecule has 0 fully saturated rings. The summed E-state index contributed by atoms with van der Waals surface area (Å²) in [5.74, 6) is 0.190. The zero-order valence-electron chi connectivity index (χ0n) is 12.7. The van der Waals surface area contributed by atoms with Crippen LogP contribution in [0.15, 0.2) is 46.9 Å². The molecule has 6 nitrogen and oxygen atoms in total. The lowest BCUT2D eigenvalue weighted by atomic mass is 10.2. The maximum absolute atomic E-state index is 12.2. The number of esters is 1. The van der Waals surface area contributed by atoms with Gasteiger partial charge in [0.15, 0.2) is 17.6 Å². The number of benzene rings is 2. The molecule has 0 spiro atoms. The third kappa shape index (κ3) is 3.68. The SMILES string of the molecule is C[C@H](OC(=O)c1cccc(Br)c1)C(=O)Nc1ccc2c(c1)OCO2. The van der Waals surface area contributed by atoms with Gasteiger partial charge in [-0.2, -0.15) is 0 Å². The van der Waals surface area contributed by atoms with Crippen LogP contribution in [-0.2, 0) is 9.53 Å². The normalized spacial score (nSPS) is 13.2. The van der Waals surface area contributed by atoms with Crippen LogP contribution < -0.4 is 14.8 Å². The second-order valence-electron chi connectivity index (χ2n) is 5.12. The highest BCUT2D eigenvalue weighted by molar-refractivity contribution is 9.10. The Hall–Kier alpha value is -2.54. The summed E-state index contributed by atoms with van der Waals surface area (Å²) in [6.45, 7) is 1.67. The summed E-state index contributed by atoms with van der Waals surface area (Å²) in [5.41, 5.74) is 0.904. The fourth-order valence-electron chi connectivity index (χ4n) is 2.12. The van der Waals surface area contributed by atoms with Gasteiger partial charge in [0, 0.05) is 16.2 Å². The van der Waals surface area contributed by atoms with Gasteiger partial charge in [-0.05, 0) is 37.3 Å². The first-order valence-corrected chi connectivity index (χ1v) is 7.99. The van der Waals surface area contributed by atoms with Gasteiger partial charge >= 0.3 is 5.97 Å². The van der Waals surface area contributed by atoms with Gasteiger partial charge in [0.2, 0.25) is 6.79 Å². The van der Waals surface area contributed by atoms with Gasteiger partial charge in [-0.15, -0.1) is 0 Å². The first-order chi connectivity index (χ1) is 11.5. The first kappa shape index (κ1) is 16.3. The van der Waals surface area contributed by atoms with E-state index in [0.717, 1.165) is 4.47 Å². The molecule has 1 aliphatic rings. The minimum atomic E-state index is -0.943. The highest BCUT2D eigenvalue weighted by atomic mass is 79.9.